The first-order chi connectivity index (χ1) is 14.2. The minimum absolute atomic E-state index is 0.0482. The lowest BCUT2D eigenvalue weighted by molar-refractivity contribution is 0.595. The highest BCUT2D eigenvalue weighted by Crippen LogP contribution is 2.39. The number of rotatable bonds is 3. The largest absolute Gasteiger partial charge is 0.253 e. The number of aromatic nitrogens is 1. The molecule has 0 bridgehead atoms. The maximum absolute atomic E-state index is 13.9. The van der Waals surface area contributed by atoms with Gasteiger partial charge in [0.1, 0.15) is 22.5 Å². The van der Waals surface area contributed by atoms with E-state index < -0.39 is 27.3 Å². The summed E-state index contributed by atoms with van der Waals surface area (Å²) >= 11 is 11.8. The van der Waals surface area contributed by atoms with Crippen molar-refractivity contribution in [1.82, 2.24) is 4.98 Å². The predicted octanol–water partition coefficient (Wildman–Crippen LogP) is 6.46. The zero-order valence-electron chi connectivity index (χ0n) is 14.8. The molecule has 0 atom stereocenters. The molecule has 0 radical (unpaired) electrons. The molecule has 0 aliphatic rings. The average molecular weight is 468 g/mol. The third-order valence-corrected chi connectivity index (χ3v) is 6.93. The molecule has 4 aromatic rings. The zero-order chi connectivity index (χ0) is 21.6. The Morgan fingerprint density at radius 3 is 2.17 bits per heavy atom. The number of hydrogen-bond acceptors (Lipinski definition) is 3. The van der Waals surface area contributed by atoms with E-state index in [1.807, 2.05) is 0 Å². The summed E-state index contributed by atoms with van der Waals surface area (Å²) in [5.74, 6) is -2.01. The third-order valence-electron chi connectivity index (χ3n) is 4.52. The number of halogens is 5. The molecule has 3 nitrogen and oxygen atoms in total. The molecule has 0 spiro atoms. The lowest BCUT2D eigenvalue weighted by Gasteiger charge is -2.15. The molecule has 1 aromatic heterocycles. The maximum atomic E-state index is 13.9. The van der Waals surface area contributed by atoms with Crippen molar-refractivity contribution in [3.63, 3.8) is 0 Å². The van der Waals surface area contributed by atoms with Gasteiger partial charge >= 0.3 is 0 Å². The van der Waals surface area contributed by atoms with Crippen LogP contribution >= 0.6 is 23.2 Å². The molecule has 4 rings (SSSR count). The monoisotopic (exact) mass is 467 g/mol. The molecule has 9 heteroatoms. The molecule has 0 amide bonds. The Labute approximate surface area is 179 Å². The molecule has 0 unspecified atom stereocenters. The summed E-state index contributed by atoms with van der Waals surface area (Å²) in [6, 6.07) is 10.5. The number of benzene rings is 3. The Morgan fingerprint density at radius 2 is 1.50 bits per heavy atom. The van der Waals surface area contributed by atoms with Crippen molar-refractivity contribution in [2.24, 2.45) is 0 Å². The molecule has 0 aliphatic heterocycles. The first-order valence-electron chi connectivity index (χ1n) is 8.43. The minimum atomic E-state index is -4.23. The van der Waals surface area contributed by atoms with Crippen molar-refractivity contribution in [3.05, 3.63) is 88.3 Å². The van der Waals surface area contributed by atoms with Crippen LogP contribution in [0.2, 0.25) is 10.0 Å². The second kappa shape index (κ2) is 7.58. The maximum Gasteiger partial charge on any atom is 0.208 e. The van der Waals surface area contributed by atoms with Crippen LogP contribution in [0, 0.1) is 17.5 Å². The van der Waals surface area contributed by atoms with Gasteiger partial charge in [-0.1, -0.05) is 35.3 Å². The quantitative estimate of drug-likeness (QED) is 0.325. The molecule has 0 fully saturated rings. The van der Waals surface area contributed by atoms with E-state index in [-0.39, 0.29) is 36.3 Å². The van der Waals surface area contributed by atoms with Gasteiger partial charge in [-0.05, 0) is 48.0 Å². The van der Waals surface area contributed by atoms with Gasteiger partial charge in [0.05, 0.1) is 20.3 Å². The van der Waals surface area contributed by atoms with E-state index in [0.717, 1.165) is 42.6 Å². The number of pyridine rings is 1. The van der Waals surface area contributed by atoms with Crippen molar-refractivity contribution in [2.45, 2.75) is 9.79 Å². The molecular weight excluding hydrogens is 458 g/mol. The van der Waals surface area contributed by atoms with Gasteiger partial charge in [-0.15, -0.1) is 0 Å². The topological polar surface area (TPSA) is 47.0 Å². The van der Waals surface area contributed by atoms with Gasteiger partial charge < -0.3 is 0 Å². The number of fused-ring (bicyclic) bond motifs is 1. The Hall–Kier alpha value is -2.61. The second-order valence-corrected chi connectivity index (χ2v) is 9.04. The van der Waals surface area contributed by atoms with E-state index in [0.29, 0.717) is 5.56 Å². The first-order valence-corrected chi connectivity index (χ1v) is 10.7. The van der Waals surface area contributed by atoms with E-state index >= 15 is 0 Å². The summed E-state index contributed by atoms with van der Waals surface area (Å²) in [7, 11) is -4.23. The van der Waals surface area contributed by atoms with Crippen LogP contribution in [0.5, 0.6) is 0 Å². The summed E-state index contributed by atoms with van der Waals surface area (Å²) in [5, 5.41) is -0.384. The summed E-state index contributed by atoms with van der Waals surface area (Å²) in [6.07, 6.45) is 1.04. The van der Waals surface area contributed by atoms with Gasteiger partial charge in [0, 0.05) is 17.1 Å². The molecule has 0 saturated heterocycles. The Balaban J connectivity index is 2.09. The van der Waals surface area contributed by atoms with Crippen LogP contribution in [0.1, 0.15) is 0 Å². The van der Waals surface area contributed by atoms with Crippen LogP contribution in [0.4, 0.5) is 13.2 Å². The highest BCUT2D eigenvalue weighted by molar-refractivity contribution is 7.91. The van der Waals surface area contributed by atoms with Crippen LogP contribution in [0.25, 0.3) is 22.0 Å². The van der Waals surface area contributed by atoms with Gasteiger partial charge in [-0.2, -0.15) is 0 Å². The third kappa shape index (κ3) is 3.43. The predicted molar refractivity (Wildman–Crippen MR) is 109 cm³/mol. The Bertz CT molecular complexity index is 1410. The Kier molecular flexibility index (Phi) is 5.22. The molecular formula is C21H10Cl2F3NO2S. The zero-order valence-corrected chi connectivity index (χ0v) is 17.2. The lowest BCUT2D eigenvalue weighted by atomic mass is 10.0. The molecule has 1 heterocycles. The van der Waals surface area contributed by atoms with Crippen LogP contribution < -0.4 is 0 Å². The number of hydrogen-bond donors (Lipinski definition) is 0. The summed E-state index contributed by atoms with van der Waals surface area (Å²) < 4.78 is 67.6. The smallest absolute Gasteiger partial charge is 0.208 e. The van der Waals surface area contributed by atoms with Crippen LogP contribution in [-0.2, 0) is 9.84 Å². The van der Waals surface area contributed by atoms with Crippen LogP contribution in [0.15, 0.2) is 70.6 Å². The molecule has 152 valence electrons. The number of nitrogens with zero attached hydrogens (tertiary/aromatic N) is 1. The highest BCUT2D eigenvalue weighted by Gasteiger charge is 2.26. The van der Waals surface area contributed by atoms with E-state index in [4.69, 9.17) is 23.2 Å². The highest BCUT2D eigenvalue weighted by atomic mass is 35.5. The SMILES string of the molecule is O=S(=O)(c1ccc(F)c(Cl)c1)c1cnc2c(Cl)c(F)ccc2c1-c1ccc(F)cc1. The van der Waals surface area contributed by atoms with Crippen molar-refractivity contribution in [2.75, 3.05) is 0 Å². The van der Waals surface area contributed by atoms with Crippen molar-refractivity contribution < 1.29 is 21.6 Å². The standard InChI is InChI=1S/C21H10Cl2F3NO2S/c22-15-9-13(5-7-16(15)25)30(28,29)18-10-27-21-14(6-8-17(26)20(21)23)19(18)11-1-3-12(24)4-2-11/h1-10H. The van der Waals surface area contributed by atoms with Gasteiger partial charge in [0.2, 0.25) is 9.84 Å². The van der Waals surface area contributed by atoms with Crippen LogP contribution in [-0.4, -0.2) is 13.4 Å². The summed E-state index contributed by atoms with van der Waals surface area (Å²) in [5.41, 5.74) is 0.549. The molecule has 0 aliphatic carbocycles. The first kappa shape index (κ1) is 20.7. The lowest BCUT2D eigenvalue weighted by Crippen LogP contribution is -2.06. The van der Waals surface area contributed by atoms with E-state index in [9.17, 15) is 21.6 Å². The van der Waals surface area contributed by atoms with Gasteiger partial charge in [-0.25, -0.2) is 21.6 Å². The minimum Gasteiger partial charge on any atom is -0.253 e. The van der Waals surface area contributed by atoms with Gasteiger partial charge in [0.15, 0.2) is 0 Å². The van der Waals surface area contributed by atoms with Crippen molar-refractivity contribution in [1.29, 1.82) is 0 Å². The fourth-order valence-electron chi connectivity index (χ4n) is 3.08. The van der Waals surface area contributed by atoms with Crippen molar-refractivity contribution in [3.8, 4) is 11.1 Å². The van der Waals surface area contributed by atoms with E-state index in [1.54, 1.807) is 0 Å². The Morgan fingerprint density at radius 1 is 0.833 bits per heavy atom. The van der Waals surface area contributed by atoms with Crippen LogP contribution in [0.3, 0.4) is 0 Å². The molecule has 3 aromatic carbocycles. The van der Waals surface area contributed by atoms with E-state index in [2.05, 4.69) is 4.98 Å². The fraction of sp³-hybridized carbons (Fsp3) is 0. The normalized spacial score (nSPS) is 11.8. The van der Waals surface area contributed by atoms with E-state index in [1.165, 1.54) is 18.2 Å². The van der Waals surface area contributed by atoms with Gasteiger partial charge in [0.25, 0.3) is 0 Å². The number of sulfone groups is 1. The molecule has 0 saturated carbocycles. The summed E-state index contributed by atoms with van der Waals surface area (Å²) in [4.78, 5) is 3.54. The second-order valence-electron chi connectivity index (χ2n) is 6.34. The van der Waals surface area contributed by atoms with Gasteiger partial charge in [-0.3, -0.25) is 4.98 Å². The molecule has 30 heavy (non-hydrogen) atoms. The van der Waals surface area contributed by atoms with Crippen molar-refractivity contribution >= 4 is 43.9 Å². The fourth-order valence-corrected chi connectivity index (χ4v) is 5.00. The average Bonchev–Trinajstić information content (AvgIpc) is 2.72. The summed E-state index contributed by atoms with van der Waals surface area (Å²) in [6.45, 7) is 0. The molecule has 0 N–H and O–H groups in total.